The third kappa shape index (κ3) is 15.7. The molecule has 0 radical (unpaired) electrons. The van der Waals surface area contributed by atoms with Gasteiger partial charge in [0.2, 0.25) is 35.4 Å². The predicted molar refractivity (Wildman–Crippen MR) is 165 cm³/mol. The van der Waals surface area contributed by atoms with Crippen LogP contribution in [-0.4, -0.2) is 144 Å². The molecule has 0 aliphatic rings. The van der Waals surface area contributed by atoms with Crippen molar-refractivity contribution in [3.8, 4) is 0 Å². The van der Waals surface area contributed by atoms with Crippen LogP contribution in [0, 0.1) is 0 Å². The molecule has 0 aliphatic carbocycles. The highest BCUT2D eigenvalue weighted by Crippen LogP contribution is 2.05. The quantitative estimate of drug-likeness (QED) is 0.0498. The van der Waals surface area contributed by atoms with Crippen molar-refractivity contribution in [2.75, 3.05) is 13.2 Å². The maximum Gasteiger partial charge on any atom is 0.328 e. The van der Waals surface area contributed by atoms with Crippen LogP contribution in [0.25, 0.3) is 0 Å². The van der Waals surface area contributed by atoms with Crippen LogP contribution in [0.2, 0.25) is 0 Å². The SMILES string of the molecule is C[C@H](NC(=O)[C@H](Cc1cnc[nH]1)NC(=O)[C@H](CC(=O)O)NC(=O)CN)C(=O)N[C@@H](CCC(=O)O)C(=O)N[C@@H](CC(=O)O)C(=O)N[C@@H](CO)C(=O)O. The van der Waals surface area contributed by atoms with E-state index >= 15 is 0 Å². The Kier molecular flexibility index (Phi) is 17.7. The second kappa shape index (κ2) is 21.0. The van der Waals surface area contributed by atoms with Crippen molar-refractivity contribution < 1.29 is 73.5 Å². The lowest BCUT2D eigenvalue weighted by atomic mass is 10.1. The smallest absolute Gasteiger partial charge is 0.328 e. The maximum absolute atomic E-state index is 13.3. The van der Waals surface area contributed by atoms with Crippen molar-refractivity contribution in [1.82, 2.24) is 41.9 Å². The van der Waals surface area contributed by atoms with Crippen LogP contribution in [-0.2, 0) is 54.4 Å². The maximum atomic E-state index is 13.3. The van der Waals surface area contributed by atoms with Crippen LogP contribution in [0.15, 0.2) is 12.5 Å². The van der Waals surface area contributed by atoms with Gasteiger partial charge >= 0.3 is 23.9 Å². The van der Waals surface area contributed by atoms with Gasteiger partial charge in [-0.15, -0.1) is 0 Å². The van der Waals surface area contributed by atoms with Crippen LogP contribution in [0.3, 0.4) is 0 Å². The number of aromatic amines is 1. The average molecular weight is 730 g/mol. The van der Waals surface area contributed by atoms with Crippen LogP contribution >= 0.6 is 0 Å². The molecule has 0 aliphatic heterocycles. The zero-order chi connectivity index (χ0) is 38.8. The summed E-state index contributed by atoms with van der Waals surface area (Å²) < 4.78 is 0. The number of rotatable bonds is 23. The van der Waals surface area contributed by atoms with E-state index in [2.05, 4.69) is 31.2 Å². The Labute approximate surface area is 287 Å². The minimum atomic E-state index is -1.95. The summed E-state index contributed by atoms with van der Waals surface area (Å²) >= 11 is 0. The Morgan fingerprint density at radius 1 is 0.686 bits per heavy atom. The number of aromatic nitrogens is 2. The number of hydrogen-bond donors (Lipinski definition) is 13. The number of amides is 6. The van der Waals surface area contributed by atoms with Gasteiger partial charge in [0.1, 0.15) is 36.3 Å². The predicted octanol–water partition coefficient (Wildman–Crippen LogP) is -6.27. The van der Waals surface area contributed by atoms with E-state index < -0.39 is 134 Å². The molecule has 1 aromatic rings. The fourth-order valence-corrected chi connectivity index (χ4v) is 4.06. The van der Waals surface area contributed by atoms with Gasteiger partial charge in [-0.2, -0.15) is 0 Å². The van der Waals surface area contributed by atoms with Gasteiger partial charge in [0.15, 0.2) is 0 Å². The third-order valence-electron chi connectivity index (χ3n) is 6.67. The summed E-state index contributed by atoms with van der Waals surface area (Å²) in [5.41, 5.74) is 5.52. The van der Waals surface area contributed by atoms with E-state index in [-0.39, 0.29) is 6.42 Å². The highest BCUT2D eigenvalue weighted by molar-refractivity contribution is 5.98. The number of nitrogens with two attached hydrogens (primary N) is 1. The number of imidazole rings is 1. The van der Waals surface area contributed by atoms with Crippen molar-refractivity contribution in [1.29, 1.82) is 0 Å². The summed E-state index contributed by atoms with van der Waals surface area (Å²) in [6, 6.07) is -10.3. The normalized spacial score (nSPS) is 14.2. The molecule has 24 nitrogen and oxygen atoms in total. The van der Waals surface area contributed by atoms with E-state index in [1.54, 1.807) is 0 Å². The number of carboxylic acids is 4. The van der Waals surface area contributed by atoms with Gasteiger partial charge < -0.3 is 68.2 Å². The molecule has 14 N–H and O–H groups in total. The molecule has 6 amide bonds. The monoisotopic (exact) mass is 729 g/mol. The zero-order valence-electron chi connectivity index (χ0n) is 26.9. The number of nitrogens with zero attached hydrogens (tertiary/aromatic N) is 1. The van der Waals surface area contributed by atoms with Crippen molar-refractivity contribution in [2.45, 2.75) is 75.3 Å². The lowest BCUT2D eigenvalue weighted by molar-refractivity contribution is -0.144. The number of nitrogens with one attached hydrogen (secondary N) is 7. The molecule has 0 saturated carbocycles. The first-order valence-corrected chi connectivity index (χ1v) is 14.9. The highest BCUT2D eigenvalue weighted by atomic mass is 16.4. The number of aliphatic hydroxyl groups is 1. The Balaban J connectivity index is 3.19. The molecular weight excluding hydrogens is 690 g/mol. The molecule has 51 heavy (non-hydrogen) atoms. The van der Waals surface area contributed by atoms with Gasteiger partial charge in [-0.25, -0.2) is 9.78 Å². The molecule has 1 rings (SSSR count). The largest absolute Gasteiger partial charge is 0.481 e. The molecule has 282 valence electrons. The lowest BCUT2D eigenvalue weighted by Gasteiger charge is -2.25. The van der Waals surface area contributed by atoms with Crippen LogP contribution in [0.4, 0.5) is 0 Å². The minimum absolute atomic E-state index is 0.285. The topological polar surface area (TPSA) is 399 Å². The van der Waals surface area contributed by atoms with Crippen molar-refractivity contribution in [2.24, 2.45) is 5.73 Å². The molecule has 1 aromatic heterocycles. The van der Waals surface area contributed by atoms with Crippen LogP contribution in [0.5, 0.6) is 0 Å². The Morgan fingerprint density at radius 2 is 1.18 bits per heavy atom. The lowest BCUT2D eigenvalue weighted by Crippen LogP contribution is -2.59. The van der Waals surface area contributed by atoms with E-state index in [0.717, 1.165) is 6.92 Å². The van der Waals surface area contributed by atoms with E-state index in [9.17, 15) is 58.2 Å². The Hall–Kier alpha value is -6.17. The fraction of sp³-hybridized carbons (Fsp3) is 0.519. The number of aliphatic carboxylic acids is 4. The Morgan fingerprint density at radius 3 is 1.65 bits per heavy atom. The first kappa shape index (κ1) is 42.9. The Bertz CT molecular complexity index is 1450. The van der Waals surface area contributed by atoms with Crippen molar-refractivity contribution >= 4 is 59.3 Å². The summed E-state index contributed by atoms with van der Waals surface area (Å²) in [6.07, 6.45) is -1.05. The van der Waals surface area contributed by atoms with Gasteiger partial charge in [-0.1, -0.05) is 0 Å². The molecular formula is C27H39N9O15. The van der Waals surface area contributed by atoms with E-state index in [0.29, 0.717) is 5.69 Å². The standard InChI is InChI=1S/C27H39N9O15/c1-11(31-24(47)14(4-12-8-29-10-30-12)34-25(48)15(5-20(41)42)32-18(38)7-28)22(45)33-13(2-3-19(39)40)23(46)35-16(6-21(43)44)26(49)36-17(9-37)27(50)51/h8,10-11,13-17,37H,2-7,9,28H2,1H3,(H,29,30)(H,31,47)(H,32,38)(H,33,45)(H,34,48)(H,35,46)(H,36,49)(H,39,40)(H,41,42)(H,43,44)(H,50,51)/t11-,13-,14-,15-,16-,17-/m0/s1. The summed E-state index contributed by atoms with van der Waals surface area (Å²) in [7, 11) is 0. The molecule has 0 saturated heterocycles. The number of hydrogen-bond acceptors (Lipinski definition) is 13. The fourth-order valence-electron chi connectivity index (χ4n) is 4.06. The summed E-state index contributed by atoms with van der Waals surface area (Å²) in [5, 5.41) is 58.4. The zero-order valence-corrected chi connectivity index (χ0v) is 26.9. The molecule has 0 unspecified atom stereocenters. The minimum Gasteiger partial charge on any atom is -0.481 e. The third-order valence-corrected chi connectivity index (χ3v) is 6.67. The summed E-state index contributed by atoms with van der Waals surface area (Å²) in [6.45, 7) is -0.539. The van der Waals surface area contributed by atoms with E-state index in [1.807, 2.05) is 10.6 Å². The van der Waals surface area contributed by atoms with Gasteiger partial charge in [0.05, 0.1) is 32.3 Å². The second-order valence-corrected chi connectivity index (χ2v) is 10.7. The van der Waals surface area contributed by atoms with Gasteiger partial charge in [-0.3, -0.25) is 43.2 Å². The molecule has 0 bridgehead atoms. The number of aliphatic hydroxyl groups excluding tert-OH is 1. The first-order chi connectivity index (χ1) is 23.9. The van der Waals surface area contributed by atoms with Crippen LogP contribution in [0.1, 0.15) is 38.3 Å². The molecule has 6 atom stereocenters. The number of H-pyrrole nitrogens is 1. The van der Waals surface area contributed by atoms with Crippen molar-refractivity contribution in [3.63, 3.8) is 0 Å². The molecule has 0 spiro atoms. The molecule has 24 heteroatoms. The number of carbonyl (C=O) groups excluding carboxylic acids is 6. The number of carboxylic acid groups (broad SMARTS) is 4. The summed E-state index contributed by atoms with van der Waals surface area (Å²) in [4.78, 5) is 128. The number of carbonyl (C=O) groups is 10. The highest BCUT2D eigenvalue weighted by Gasteiger charge is 2.33. The van der Waals surface area contributed by atoms with Gasteiger partial charge in [-0.05, 0) is 13.3 Å². The van der Waals surface area contributed by atoms with Gasteiger partial charge in [0, 0.05) is 24.7 Å². The molecule has 0 fully saturated rings. The van der Waals surface area contributed by atoms with E-state index in [1.165, 1.54) is 12.5 Å². The van der Waals surface area contributed by atoms with Gasteiger partial charge in [0.25, 0.3) is 0 Å². The van der Waals surface area contributed by atoms with E-state index in [4.69, 9.17) is 21.1 Å². The molecule has 0 aromatic carbocycles. The second-order valence-electron chi connectivity index (χ2n) is 10.7. The van der Waals surface area contributed by atoms with Crippen molar-refractivity contribution in [3.05, 3.63) is 18.2 Å². The first-order valence-electron chi connectivity index (χ1n) is 14.9. The van der Waals surface area contributed by atoms with Crippen LogP contribution < -0.4 is 37.6 Å². The molecule has 1 heterocycles. The summed E-state index contributed by atoms with van der Waals surface area (Å²) in [5.74, 6) is -12.9. The average Bonchev–Trinajstić information content (AvgIpc) is 3.56.